The molecule has 196 valence electrons. The van der Waals surface area contributed by atoms with Crippen molar-refractivity contribution < 1.29 is 13.2 Å². The molecular weight excluding hydrogens is 559 g/mol. The summed E-state index contributed by atoms with van der Waals surface area (Å²) in [5.41, 5.74) is 3.11. The molecule has 1 amide bonds. The third kappa shape index (κ3) is 6.04. The summed E-state index contributed by atoms with van der Waals surface area (Å²) in [7, 11) is 0. The molecule has 0 radical (unpaired) electrons. The number of fused-ring (bicyclic) bond motifs is 1. The second kappa shape index (κ2) is 10.5. The van der Waals surface area contributed by atoms with Crippen LogP contribution in [0.15, 0.2) is 36.4 Å². The van der Waals surface area contributed by atoms with Crippen LogP contribution >= 0.6 is 34.8 Å². The van der Waals surface area contributed by atoms with Gasteiger partial charge in [-0.15, -0.1) is 10.2 Å². The molecule has 0 aliphatic rings. The van der Waals surface area contributed by atoms with Gasteiger partial charge in [-0.1, -0.05) is 61.6 Å². The van der Waals surface area contributed by atoms with E-state index < -0.39 is 17.3 Å². The third-order valence-corrected chi connectivity index (χ3v) is 7.34. The maximum atomic E-state index is 13.2. The lowest BCUT2D eigenvalue weighted by atomic mass is 9.93. The minimum atomic E-state index is -2.02. The summed E-state index contributed by atoms with van der Waals surface area (Å²) < 4.78 is 22.4. The molecule has 0 spiro atoms. The zero-order chi connectivity index (χ0) is 27.1. The molecule has 0 saturated carbocycles. The van der Waals surface area contributed by atoms with Gasteiger partial charge in [0.2, 0.25) is 0 Å². The van der Waals surface area contributed by atoms with Crippen molar-refractivity contribution in [2.75, 3.05) is 4.72 Å². The summed E-state index contributed by atoms with van der Waals surface area (Å²) in [6, 6.07) is 9.27. The Kier molecular flexibility index (Phi) is 7.75. The van der Waals surface area contributed by atoms with Gasteiger partial charge in [0, 0.05) is 28.8 Å². The van der Waals surface area contributed by atoms with Gasteiger partial charge in [0.1, 0.15) is 0 Å². The second-order valence-electron chi connectivity index (χ2n) is 9.51. The number of H-pyrrole nitrogens is 1. The monoisotopic (exact) mass is 582 g/mol. The SMILES string of the molecule is Cc1ccc(NS(=O)Oc2cc(Cl)c(Cl)cc2Cl)cc1C(=O)NC(C)c1nnc2cc(C(C)(C)C)[nH]n12. The number of amides is 1. The Labute approximate surface area is 231 Å². The van der Waals surface area contributed by atoms with Crippen molar-refractivity contribution in [3.05, 3.63) is 74.1 Å². The van der Waals surface area contributed by atoms with E-state index in [0.29, 0.717) is 22.7 Å². The Morgan fingerprint density at radius 1 is 1.08 bits per heavy atom. The molecule has 2 unspecified atom stereocenters. The highest BCUT2D eigenvalue weighted by Crippen LogP contribution is 2.34. The van der Waals surface area contributed by atoms with E-state index in [2.05, 4.69) is 46.1 Å². The van der Waals surface area contributed by atoms with Crippen LogP contribution in [0.25, 0.3) is 5.65 Å². The number of nitrogens with zero attached hydrogens (tertiary/aromatic N) is 3. The predicted molar refractivity (Wildman–Crippen MR) is 147 cm³/mol. The number of carbonyl (C=O) groups is 1. The summed E-state index contributed by atoms with van der Waals surface area (Å²) in [4.78, 5) is 13.2. The fourth-order valence-corrected chi connectivity index (χ4v) is 4.78. The molecule has 4 rings (SSSR count). The fraction of sp³-hybridized carbons (Fsp3) is 0.292. The smallest absolute Gasteiger partial charge is 0.316 e. The average molecular weight is 584 g/mol. The highest BCUT2D eigenvalue weighted by atomic mass is 35.5. The summed E-state index contributed by atoms with van der Waals surface area (Å²) in [5, 5.41) is 15.3. The van der Waals surface area contributed by atoms with Crippen LogP contribution in [0.4, 0.5) is 5.69 Å². The van der Waals surface area contributed by atoms with Crippen LogP contribution in [0.1, 0.15) is 61.2 Å². The molecule has 2 aromatic carbocycles. The van der Waals surface area contributed by atoms with E-state index in [4.69, 9.17) is 39.0 Å². The van der Waals surface area contributed by atoms with E-state index in [1.54, 1.807) is 22.7 Å². The van der Waals surface area contributed by atoms with Crippen LogP contribution in [-0.4, -0.2) is 29.9 Å². The number of aromatic amines is 1. The quantitative estimate of drug-likeness (QED) is 0.225. The number of benzene rings is 2. The van der Waals surface area contributed by atoms with Gasteiger partial charge in [-0.05, 0) is 37.6 Å². The minimum absolute atomic E-state index is 0.0933. The van der Waals surface area contributed by atoms with Gasteiger partial charge in [0.15, 0.2) is 17.2 Å². The van der Waals surface area contributed by atoms with E-state index in [1.807, 2.05) is 19.9 Å². The molecule has 2 heterocycles. The van der Waals surface area contributed by atoms with E-state index in [-0.39, 0.29) is 32.1 Å². The van der Waals surface area contributed by atoms with Crippen molar-refractivity contribution in [1.29, 1.82) is 0 Å². The molecule has 3 N–H and O–H groups in total. The van der Waals surface area contributed by atoms with E-state index >= 15 is 0 Å². The molecule has 2 atom stereocenters. The second-order valence-corrected chi connectivity index (χ2v) is 11.6. The molecule has 2 aromatic heterocycles. The highest BCUT2D eigenvalue weighted by molar-refractivity contribution is 7.82. The normalized spacial score (nSPS) is 13.4. The Hall–Kier alpha value is -2.79. The van der Waals surface area contributed by atoms with Crippen LogP contribution in [0.2, 0.25) is 15.1 Å². The number of anilines is 1. The molecule has 0 saturated heterocycles. The molecule has 9 nitrogen and oxygen atoms in total. The first-order chi connectivity index (χ1) is 17.3. The van der Waals surface area contributed by atoms with Gasteiger partial charge >= 0.3 is 11.3 Å². The van der Waals surface area contributed by atoms with Gasteiger partial charge in [-0.2, -0.15) is 4.21 Å². The lowest BCUT2D eigenvalue weighted by molar-refractivity contribution is 0.0937. The summed E-state index contributed by atoms with van der Waals surface area (Å²) >= 11 is 16.0. The van der Waals surface area contributed by atoms with Crippen molar-refractivity contribution in [3.63, 3.8) is 0 Å². The number of halogens is 3. The number of carbonyl (C=O) groups excluding carboxylic acids is 1. The Balaban J connectivity index is 1.48. The Morgan fingerprint density at radius 3 is 2.49 bits per heavy atom. The number of hydrogen-bond donors (Lipinski definition) is 3. The number of rotatable bonds is 7. The number of hydrogen-bond acceptors (Lipinski definition) is 5. The standard InChI is InChI=1S/C24H25Cl3N6O3S/c1-12-6-7-14(32-37(35)36-19-10-17(26)16(25)9-18(19)27)8-15(12)23(34)28-13(2)22-30-29-21-11-20(24(3,4)5)31-33(21)22/h6-11,13,31-32H,1-5H3,(H,28,34). The van der Waals surface area contributed by atoms with Crippen molar-refractivity contribution >= 4 is 63.3 Å². The molecule has 0 fully saturated rings. The van der Waals surface area contributed by atoms with Crippen molar-refractivity contribution in [3.8, 4) is 5.75 Å². The minimum Gasteiger partial charge on any atom is -0.383 e. The maximum absolute atomic E-state index is 13.2. The lowest BCUT2D eigenvalue weighted by Gasteiger charge is -2.16. The van der Waals surface area contributed by atoms with Gasteiger partial charge in [-0.3, -0.25) is 14.6 Å². The zero-order valence-corrected chi connectivity index (χ0v) is 23.7. The van der Waals surface area contributed by atoms with Gasteiger partial charge in [-0.25, -0.2) is 4.52 Å². The molecule has 4 aromatic rings. The average Bonchev–Trinajstić information content (AvgIpc) is 3.40. The van der Waals surface area contributed by atoms with E-state index in [9.17, 15) is 9.00 Å². The predicted octanol–water partition coefficient (Wildman–Crippen LogP) is 6.18. The summed E-state index contributed by atoms with van der Waals surface area (Å²) in [6.07, 6.45) is 0. The largest absolute Gasteiger partial charge is 0.383 e. The zero-order valence-electron chi connectivity index (χ0n) is 20.6. The Morgan fingerprint density at radius 2 is 1.78 bits per heavy atom. The van der Waals surface area contributed by atoms with E-state index in [0.717, 1.165) is 11.3 Å². The molecule has 37 heavy (non-hydrogen) atoms. The van der Waals surface area contributed by atoms with Crippen molar-refractivity contribution in [2.45, 2.75) is 46.1 Å². The number of aromatic nitrogens is 4. The summed E-state index contributed by atoms with van der Waals surface area (Å²) in [6.45, 7) is 9.92. The highest BCUT2D eigenvalue weighted by Gasteiger charge is 2.23. The van der Waals surface area contributed by atoms with Crippen LogP contribution in [-0.2, 0) is 16.7 Å². The van der Waals surface area contributed by atoms with Gasteiger partial charge in [0.05, 0.1) is 26.8 Å². The van der Waals surface area contributed by atoms with Gasteiger partial charge < -0.3 is 9.50 Å². The van der Waals surface area contributed by atoms with E-state index in [1.165, 1.54) is 12.1 Å². The van der Waals surface area contributed by atoms with Crippen LogP contribution in [0.3, 0.4) is 0 Å². The molecule has 0 aliphatic carbocycles. The number of aryl methyl sites for hydroxylation is 1. The summed E-state index contributed by atoms with van der Waals surface area (Å²) in [5.74, 6) is 0.338. The van der Waals surface area contributed by atoms with Crippen LogP contribution in [0.5, 0.6) is 5.75 Å². The molecule has 0 bridgehead atoms. The van der Waals surface area contributed by atoms with Crippen molar-refractivity contribution in [1.82, 2.24) is 25.1 Å². The molecule has 0 aliphatic heterocycles. The lowest BCUT2D eigenvalue weighted by Crippen LogP contribution is -2.29. The van der Waals surface area contributed by atoms with Crippen molar-refractivity contribution in [2.24, 2.45) is 0 Å². The first-order valence-electron chi connectivity index (χ1n) is 11.2. The van der Waals surface area contributed by atoms with Gasteiger partial charge in [0.25, 0.3) is 5.91 Å². The first kappa shape index (κ1) is 27.3. The van der Waals surface area contributed by atoms with Crippen LogP contribution < -0.4 is 14.2 Å². The Bertz CT molecular complexity index is 1510. The first-order valence-corrected chi connectivity index (χ1v) is 13.4. The van der Waals surface area contributed by atoms with Crippen LogP contribution in [0, 0.1) is 6.92 Å². The topological polar surface area (TPSA) is 113 Å². The number of nitrogens with one attached hydrogen (secondary N) is 3. The molecular formula is C24H25Cl3N6O3S. The fourth-order valence-electron chi connectivity index (χ4n) is 3.50. The maximum Gasteiger partial charge on any atom is 0.316 e. The molecule has 13 heteroatoms. The third-order valence-electron chi connectivity index (χ3n) is 5.59.